The average molecular weight is 220 g/mol. The number of nitrogens with two attached hydrogens (primary N) is 1. The Kier molecular flexibility index (Phi) is 3.05. The van der Waals surface area contributed by atoms with Crippen LogP contribution in [-0.4, -0.2) is 9.97 Å². The van der Waals surface area contributed by atoms with Crippen LogP contribution in [0.15, 0.2) is 29.4 Å². The lowest BCUT2D eigenvalue weighted by molar-refractivity contribution is 0.621. The molecule has 0 bridgehead atoms. The highest BCUT2D eigenvalue weighted by molar-refractivity contribution is 7.07. The number of rotatable bonds is 3. The van der Waals surface area contributed by atoms with Crippen molar-refractivity contribution in [2.24, 2.45) is 5.84 Å². The summed E-state index contributed by atoms with van der Waals surface area (Å²) in [5.41, 5.74) is 7.62. The van der Waals surface area contributed by atoms with E-state index in [1.807, 2.05) is 18.5 Å². The van der Waals surface area contributed by atoms with Gasteiger partial charge in [0.25, 0.3) is 0 Å². The maximum Gasteiger partial charge on any atom is 0.0904 e. The maximum absolute atomic E-state index is 5.53. The van der Waals surface area contributed by atoms with E-state index in [2.05, 4.69) is 21.5 Å². The van der Waals surface area contributed by atoms with Gasteiger partial charge in [0.05, 0.1) is 17.2 Å². The van der Waals surface area contributed by atoms with Crippen molar-refractivity contribution in [1.82, 2.24) is 15.4 Å². The third kappa shape index (κ3) is 2.20. The maximum atomic E-state index is 5.53. The summed E-state index contributed by atoms with van der Waals surface area (Å²) in [6.45, 7) is 2.01. The van der Waals surface area contributed by atoms with Gasteiger partial charge in [0, 0.05) is 17.8 Å². The van der Waals surface area contributed by atoms with Gasteiger partial charge in [0.2, 0.25) is 0 Å². The molecule has 1 unspecified atom stereocenters. The Balaban J connectivity index is 2.35. The first-order chi connectivity index (χ1) is 7.31. The smallest absolute Gasteiger partial charge is 0.0904 e. The molecule has 0 aliphatic rings. The SMILES string of the molecule is Cc1cncc(C(NN)c2cscn2)c1. The van der Waals surface area contributed by atoms with Crippen molar-refractivity contribution in [3.63, 3.8) is 0 Å². The molecular formula is C10H12N4S. The molecule has 5 heteroatoms. The van der Waals surface area contributed by atoms with E-state index < -0.39 is 0 Å². The number of nitrogens with zero attached hydrogens (tertiary/aromatic N) is 2. The van der Waals surface area contributed by atoms with Crippen molar-refractivity contribution in [3.8, 4) is 0 Å². The topological polar surface area (TPSA) is 63.8 Å². The Morgan fingerprint density at radius 1 is 1.47 bits per heavy atom. The van der Waals surface area contributed by atoms with Gasteiger partial charge in [-0.2, -0.15) is 0 Å². The van der Waals surface area contributed by atoms with Gasteiger partial charge < -0.3 is 0 Å². The van der Waals surface area contributed by atoms with Gasteiger partial charge >= 0.3 is 0 Å². The van der Waals surface area contributed by atoms with Crippen LogP contribution in [0, 0.1) is 6.92 Å². The Bertz CT molecular complexity index is 427. The highest BCUT2D eigenvalue weighted by Gasteiger charge is 2.14. The molecule has 0 saturated carbocycles. The molecule has 0 aliphatic heterocycles. The van der Waals surface area contributed by atoms with Gasteiger partial charge in [-0.25, -0.2) is 10.4 Å². The summed E-state index contributed by atoms with van der Waals surface area (Å²) in [4.78, 5) is 8.38. The van der Waals surface area contributed by atoms with Crippen LogP contribution < -0.4 is 11.3 Å². The molecule has 0 fully saturated rings. The number of hydrogen-bond acceptors (Lipinski definition) is 5. The molecule has 2 rings (SSSR count). The van der Waals surface area contributed by atoms with Crippen LogP contribution in [0.5, 0.6) is 0 Å². The summed E-state index contributed by atoms with van der Waals surface area (Å²) in [5.74, 6) is 5.53. The molecule has 0 saturated heterocycles. The molecular weight excluding hydrogens is 208 g/mol. The lowest BCUT2D eigenvalue weighted by Gasteiger charge is -2.13. The van der Waals surface area contributed by atoms with Crippen LogP contribution in [0.4, 0.5) is 0 Å². The lowest BCUT2D eigenvalue weighted by Crippen LogP contribution is -2.29. The summed E-state index contributed by atoms with van der Waals surface area (Å²) in [6.07, 6.45) is 3.62. The fraction of sp³-hybridized carbons (Fsp3) is 0.200. The second-order valence-corrected chi connectivity index (χ2v) is 4.03. The van der Waals surface area contributed by atoms with Crippen LogP contribution in [0.1, 0.15) is 22.9 Å². The monoisotopic (exact) mass is 220 g/mol. The molecule has 0 spiro atoms. The van der Waals surface area contributed by atoms with E-state index in [9.17, 15) is 0 Å². The fourth-order valence-corrected chi connectivity index (χ4v) is 2.03. The summed E-state index contributed by atoms with van der Waals surface area (Å²) in [6, 6.07) is 1.97. The third-order valence-electron chi connectivity index (χ3n) is 2.14. The molecule has 0 amide bonds. The van der Waals surface area contributed by atoms with Crippen molar-refractivity contribution in [2.75, 3.05) is 0 Å². The standard InChI is InChI=1S/C10H12N4S/c1-7-2-8(4-12-3-7)10(14-11)9-5-15-6-13-9/h2-6,10,14H,11H2,1H3. The van der Waals surface area contributed by atoms with E-state index in [0.717, 1.165) is 16.8 Å². The molecule has 0 aliphatic carbocycles. The molecule has 2 aromatic heterocycles. The number of hydrogen-bond donors (Lipinski definition) is 2. The predicted molar refractivity (Wildman–Crippen MR) is 60.3 cm³/mol. The highest BCUT2D eigenvalue weighted by Crippen LogP contribution is 2.20. The first kappa shape index (κ1) is 10.2. The summed E-state index contributed by atoms with van der Waals surface area (Å²) >= 11 is 1.56. The van der Waals surface area contributed by atoms with Gasteiger partial charge in [-0.3, -0.25) is 10.8 Å². The average Bonchev–Trinajstić information content (AvgIpc) is 2.72. The van der Waals surface area contributed by atoms with Crippen molar-refractivity contribution in [2.45, 2.75) is 13.0 Å². The molecule has 78 valence electrons. The van der Waals surface area contributed by atoms with Gasteiger partial charge in [0.15, 0.2) is 0 Å². The normalized spacial score (nSPS) is 12.7. The fourth-order valence-electron chi connectivity index (χ4n) is 1.45. The quantitative estimate of drug-likeness (QED) is 0.606. The first-order valence-electron chi connectivity index (χ1n) is 4.57. The summed E-state index contributed by atoms with van der Waals surface area (Å²) in [7, 11) is 0. The molecule has 1 atom stereocenters. The largest absolute Gasteiger partial charge is 0.271 e. The number of thiazole rings is 1. The minimum Gasteiger partial charge on any atom is -0.271 e. The van der Waals surface area contributed by atoms with Gasteiger partial charge in [-0.1, -0.05) is 6.07 Å². The van der Waals surface area contributed by atoms with E-state index in [-0.39, 0.29) is 6.04 Å². The number of aryl methyl sites for hydroxylation is 1. The van der Waals surface area contributed by atoms with Crippen LogP contribution in [-0.2, 0) is 0 Å². The first-order valence-corrected chi connectivity index (χ1v) is 5.51. The molecule has 2 heterocycles. The van der Waals surface area contributed by atoms with Crippen LogP contribution in [0.25, 0.3) is 0 Å². The number of pyridine rings is 1. The molecule has 0 aromatic carbocycles. The number of nitrogens with one attached hydrogen (secondary N) is 1. The summed E-state index contributed by atoms with van der Waals surface area (Å²) < 4.78 is 0. The third-order valence-corrected chi connectivity index (χ3v) is 2.75. The van der Waals surface area contributed by atoms with E-state index in [1.165, 1.54) is 0 Å². The summed E-state index contributed by atoms with van der Waals surface area (Å²) in [5, 5.41) is 1.98. The van der Waals surface area contributed by atoms with Gasteiger partial charge in [-0.15, -0.1) is 11.3 Å². The molecule has 0 radical (unpaired) electrons. The molecule has 2 aromatic rings. The minimum absolute atomic E-state index is 0.0800. The molecule has 4 nitrogen and oxygen atoms in total. The molecule has 3 N–H and O–H groups in total. The van der Waals surface area contributed by atoms with Gasteiger partial charge in [-0.05, 0) is 18.1 Å². The zero-order valence-electron chi connectivity index (χ0n) is 8.34. The second kappa shape index (κ2) is 4.48. The van der Waals surface area contributed by atoms with Crippen LogP contribution in [0.2, 0.25) is 0 Å². The second-order valence-electron chi connectivity index (χ2n) is 3.31. The van der Waals surface area contributed by atoms with E-state index in [0.29, 0.717) is 0 Å². The van der Waals surface area contributed by atoms with Crippen molar-refractivity contribution < 1.29 is 0 Å². The lowest BCUT2D eigenvalue weighted by atomic mass is 10.1. The van der Waals surface area contributed by atoms with Crippen LogP contribution in [0.3, 0.4) is 0 Å². The van der Waals surface area contributed by atoms with Crippen molar-refractivity contribution >= 4 is 11.3 Å². The highest BCUT2D eigenvalue weighted by atomic mass is 32.1. The van der Waals surface area contributed by atoms with Crippen molar-refractivity contribution in [1.29, 1.82) is 0 Å². The van der Waals surface area contributed by atoms with Crippen LogP contribution >= 0.6 is 11.3 Å². The predicted octanol–water partition coefficient (Wildman–Crippen LogP) is 1.40. The van der Waals surface area contributed by atoms with E-state index in [4.69, 9.17) is 5.84 Å². The van der Waals surface area contributed by atoms with E-state index in [1.54, 1.807) is 23.0 Å². The minimum atomic E-state index is -0.0800. The molecule has 15 heavy (non-hydrogen) atoms. The van der Waals surface area contributed by atoms with Crippen molar-refractivity contribution in [3.05, 3.63) is 46.2 Å². The zero-order valence-corrected chi connectivity index (χ0v) is 9.16. The van der Waals surface area contributed by atoms with E-state index >= 15 is 0 Å². The zero-order chi connectivity index (χ0) is 10.7. The van der Waals surface area contributed by atoms with Gasteiger partial charge in [0.1, 0.15) is 0 Å². The number of hydrazine groups is 1. The number of aromatic nitrogens is 2. The Morgan fingerprint density at radius 2 is 2.33 bits per heavy atom. The Hall–Kier alpha value is -1.30. The Morgan fingerprint density at radius 3 is 2.93 bits per heavy atom. The Labute approximate surface area is 92.2 Å².